The zero-order valence-electron chi connectivity index (χ0n) is 32.4. The molecule has 1 fully saturated rings. The Morgan fingerprint density at radius 2 is 1.45 bits per heavy atom. The van der Waals surface area contributed by atoms with E-state index in [1.807, 2.05) is 0 Å². The summed E-state index contributed by atoms with van der Waals surface area (Å²) < 4.78 is 70.6. The van der Waals surface area contributed by atoms with Crippen LogP contribution in [0.4, 0.5) is 13.2 Å². The molecule has 60 heavy (non-hydrogen) atoms. The lowest BCUT2D eigenvalue weighted by Crippen LogP contribution is -2.54. The second-order valence-electron chi connectivity index (χ2n) is 13.9. The lowest BCUT2D eigenvalue weighted by atomic mass is 10.0. The highest BCUT2D eigenvalue weighted by atomic mass is 19.4. The van der Waals surface area contributed by atoms with Gasteiger partial charge in [0, 0.05) is 48.2 Å². The number of aryl methyl sites for hydroxylation is 1. The molecule has 0 bridgehead atoms. The van der Waals surface area contributed by atoms with Crippen molar-refractivity contribution < 1.29 is 60.8 Å². The van der Waals surface area contributed by atoms with E-state index >= 15 is 0 Å². The number of halogens is 3. The van der Waals surface area contributed by atoms with Crippen molar-refractivity contribution in [3.8, 4) is 11.4 Å². The Morgan fingerprint density at radius 3 is 2.12 bits per heavy atom. The number of hydrogen-bond acceptors (Lipinski definition) is 11. The third-order valence-corrected chi connectivity index (χ3v) is 9.82. The normalized spacial score (nSPS) is 15.6. The van der Waals surface area contributed by atoms with E-state index in [0.717, 1.165) is 27.8 Å². The molecule has 4 heterocycles. The van der Waals surface area contributed by atoms with E-state index in [2.05, 4.69) is 15.7 Å². The first-order chi connectivity index (χ1) is 28.9. The lowest BCUT2D eigenvalue weighted by Gasteiger charge is -2.27. The van der Waals surface area contributed by atoms with Crippen LogP contribution in [-0.4, -0.2) is 121 Å². The van der Waals surface area contributed by atoms with Crippen molar-refractivity contribution in [3.05, 3.63) is 89.1 Å². The van der Waals surface area contributed by atoms with Gasteiger partial charge in [0.15, 0.2) is 5.65 Å². The average molecular weight is 835 g/mol. The van der Waals surface area contributed by atoms with Gasteiger partial charge in [-0.25, -0.2) is 0 Å². The van der Waals surface area contributed by atoms with Crippen molar-refractivity contribution in [2.45, 2.75) is 25.1 Å². The van der Waals surface area contributed by atoms with E-state index in [4.69, 9.17) is 23.7 Å². The first-order valence-electron chi connectivity index (χ1n) is 19.1. The minimum absolute atomic E-state index is 0.0419. The zero-order valence-corrected chi connectivity index (χ0v) is 32.4. The second kappa shape index (κ2) is 18.4. The summed E-state index contributed by atoms with van der Waals surface area (Å²) in [4.78, 5) is 63.4. The van der Waals surface area contributed by atoms with Gasteiger partial charge in [-0.3, -0.25) is 43.4 Å². The number of carbonyl (C=O) groups is 5. The van der Waals surface area contributed by atoms with E-state index in [9.17, 15) is 37.1 Å². The summed E-state index contributed by atoms with van der Waals surface area (Å²) in [5.41, 5.74) is 1.74. The molecule has 7 rings (SSSR count). The molecule has 16 nitrogen and oxygen atoms in total. The topological polar surface area (TPSA) is 182 Å². The maximum atomic E-state index is 13.2. The molecule has 3 aromatic carbocycles. The summed E-state index contributed by atoms with van der Waals surface area (Å²) in [6, 6.07) is 13.5. The number of hydrogen-bond donors (Lipinski definition) is 2. The van der Waals surface area contributed by atoms with Crippen LogP contribution < -0.4 is 15.4 Å². The van der Waals surface area contributed by atoms with E-state index < -0.39 is 41.4 Å². The number of aromatic nitrogens is 3. The van der Waals surface area contributed by atoms with Crippen molar-refractivity contribution in [2.24, 2.45) is 7.05 Å². The predicted molar refractivity (Wildman–Crippen MR) is 207 cm³/mol. The smallest absolute Gasteiger partial charge is 0.416 e. The molecule has 19 heteroatoms. The Morgan fingerprint density at radius 1 is 0.800 bits per heavy atom. The molecular weight excluding hydrogens is 793 g/mol. The lowest BCUT2D eigenvalue weighted by molar-refractivity contribution is -0.138. The first-order valence-corrected chi connectivity index (χ1v) is 19.1. The van der Waals surface area contributed by atoms with Gasteiger partial charge in [-0.2, -0.15) is 18.3 Å². The van der Waals surface area contributed by atoms with Gasteiger partial charge in [0.05, 0.1) is 75.1 Å². The van der Waals surface area contributed by atoms with Gasteiger partial charge in [-0.05, 0) is 67.1 Å². The summed E-state index contributed by atoms with van der Waals surface area (Å²) in [5, 5.41) is 11.0. The third-order valence-electron chi connectivity index (χ3n) is 9.82. The third kappa shape index (κ3) is 9.33. The van der Waals surface area contributed by atoms with Crippen molar-refractivity contribution in [1.82, 2.24) is 29.9 Å². The summed E-state index contributed by atoms with van der Waals surface area (Å²) >= 11 is 0. The number of alkyl halides is 3. The van der Waals surface area contributed by atoms with Crippen molar-refractivity contribution in [3.63, 3.8) is 0 Å². The van der Waals surface area contributed by atoms with Crippen LogP contribution in [0.5, 0.6) is 5.75 Å². The number of carbonyl (C=O) groups excluding carboxylic acids is 5. The number of ether oxygens (including phenoxy) is 5. The number of imide groups is 2. The van der Waals surface area contributed by atoms with E-state index in [-0.39, 0.29) is 56.2 Å². The number of nitrogens with one attached hydrogen (secondary N) is 2. The van der Waals surface area contributed by atoms with E-state index in [1.165, 1.54) is 24.3 Å². The molecule has 1 saturated heterocycles. The van der Waals surface area contributed by atoms with E-state index in [0.29, 0.717) is 67.8 Å². The number of nitrogens with zero attached hydrogens (tertiary/aromatic N) is 4. The molecule has 0 spiro atoms. The maximum absolute atomic E-state index is 13.2. The molecule has 0 radical (unpaired) electrons. The summed E-state index contributed by atoms with van der Waals surface area (Å²) in [6.07, 6.45) is -2.53. The SMILES string of the molecule is Cn1cc2c3cc(C(=O)NCCOCCOCCOCCOCCOc4ccc5c(c4)C(=O)N(C4CCC(=O)NC4=O)C5=O)ccc3n(-c3ccc(C(F)(F)F)cc3)c2n1. The highest BCUT2D eigenvalue weighted by Crippen LogP contribution is 2.35. The molecule has 5 amide bonds. The maximum Gasteiger partial charge on any atom is 0.416 e. The molecule has 2 N–H and O–H groups in total. The van der Waals surface area contributed by atoms with Gasteiger partial charge < -0.3 is 29.0 Å². The molecular formula is C41H41F3N6O10. The van der Waals surface area contributed by atoms with Gasteiger partial charge >= 0.3 is 6.18 Å². The average Bonchev–Trinajstić information content (AvgIpc) is 3.83. The molecule has 2 aliphatic rings. The summed E-state index contributed by atoms with van der Waals surface area (Å²) in [6.45, 7) is 2.93. The number of amides is 5. The van der Waals surface area contributed by atoms with Crippen LogP contribution in [0.3, 0.4) is 0 Å². The zero-order chi connectivity index (χ0) is 42.4. The second-order valence-corrected chi connectivity index (χ2v) is 13.9. The monoisotopic (exact) mass is 834 g/mol. The van der Waals surface area contributed by atoms with Crippen LogP contribution in [-0.2, 0) is 41.8 Å². The molecule has 0 aliphatic carbocycles. The van der Waals surface area contributed by atoms with E-state index in [1.54, 1.807) is 46.8 Å². The molecule has 1 atom stereocenters. The predicted octanol–water partition coefficient (Wildman–Crippen LogP) is 3.81. The van der Waals surface area contributed by atoms with Crippen LogP contribution in [0.15, 0.2) is 66.9 Å². The number of rotatable bonds is 19. The van der Waals surface area contributed by atoms with Crippen molar-refractivity contribution in [1.29, 1.82) is 0 Å². The summed E-state index contributed by atoms with van der Waals surface area (Å²) in [7, 11) is 1.75. The molecule has 2 aromatic heterocycles. The fourth-order valence-corrected chi connectivity index (χ4v) is 6.95. The quantitative estimate of drug-likeness (QED) is 0.0913. The van der Waals surface area contributed by atoms with Crippen LogP contribution in [0.25, 0.3) is 27.6 Å². The Kier molecular flexibility index (Phi) is 12.9. The van der Waals surface area contributed by atoms with Gasteiger partial charge in [0.1, 0.15) is 18.4 Å². The highest BCUT2D eigenvalue weighted by molar-refractivity contribution is 6.23. The largest absolute Gasteiger partial charge is 0.491 e. The minimum atomic E-state index is -4.45. The molecule has 5 aromatic rings. The number of fused-ring (bicyclic) bond motifs is 4. The Bertz CT molecular complexity index is 2410. The fraction of sp³-hybridized carbons (Fsp3) is 0.366. The van der Waals surface area contributed by atoms with Crippen molar-refractivity contribution >= 4 is 51.5 Å². The standard InChI is InChI=1S/C41H41F3N6O10/c1-48-24-32-30-22-25(2-9-33(30)49(36(32)47-48)27-5-3-26(4-6-27)41(42,43)44)37(52)45-12-13-56-14-15-57-16-17-58-18-19-59-20-21-60-28-7-8-29-31(23-28)40(55)50(39(29)54)34-10-11-35(51)46-38(34)53/h2-9,22-24,34H,10-21H2,1H3,(H,45,52)(H,46,51,53). The Balaban J connectivity index is 0.730. The first kappa shape index (κ1) is 42.0. The Hall–Kier alpha value is -6.15. The van der Waals surface area contributed by atoms with Crippen LogP contribution in [0, 0.1) is 0 Å². The van der Waals surface area contributed by atoms with Gasteiger partial charge in [0.2, 0.25) is 11.8 Å². The summed E-state index contributed by atoms with van der Waals surface area (Å²) in [5.74, 6) is -2.25. The van der Waals surface area contributed by atoms with Crippen LogP contribution in [0.2, 0.25) is 0 Å². The molecule has 2 aliphatic heterocycles. The number of piperidine rings is 1. The van der Waals surface area contributed by atoms with Gasteiger partial charge in [-0.15, -0.1) is 0 Å². The highest BCUT2D eigenvalue weighted by Gasteiger charge is 2.44. The minimum Gasteiger partial charge on any atom is -0.491 e. The molecule has 316 valence electrons. The van der Waals surface area contributed by atoms with Crippen LogP contribution in [0.1, 0.15) is 49.5 Å². The Labute approximate surface area is 340 Å². The van der Waals surface area contributed by atoms with Crippen molar-refractivity contribution in [2.75, 3.05) is 66.0 Å². The fourth-order valence-electron chi connectivity index (χ4n) is 6.95. The van der Waals surface area contributed by atoms with Gasteiger partial charge in [-0.1, -0.05) is 0 Å². The molecule has 1 unspecified atom stereocenters. The molecule has 0 saturated carbocycles. The van der Waals surface area contributed by atoms with Gasteiger partial charge in [0.25, 0.3) is 17.7 Å². The van der Waals surface area contributed by atoms with Crippen LogP contribution >= 0.6 is 0 Å². The number of benzene rings is 3.